The van der Waals surface area contributed by atoms with Crippen molar-refractivity contribution in [3.8, 4) is 0 Å². The normalized spacial score (nSPS) is 20.6. The molecule has 0 aromatic heterocycles. The SMILES string of the molecule is C1=CSNCCN1. The Hall–Kier alpha value is -0.150. The lowest BCUT2D eigenvalue weighted by Crippen LogP contribution is -2.16. The van der Waals surface area contributed by atoms with Crippen molar-refractivity contribution in [3.63, 3.8) is 0 Å². The van der Waals surface area contributed by atoms with Gasteiger partial charge in [-0.2, -0.15) is 0 Å². The van der Waals surface area contributed by atoms with Crippen molar-refractivity contribution in [3.05, 3.63) is 11.6 Å². The zero-order valence-electron chi connectivity index (χ0n) is 3.98. The molecule has 3 heteroatoms. The van der Waals surface area contributed by atoms with E-state index in [-0.39, 0.29) is 0 Å². The van der Waals surface area contributed by atoms with Gasteiger partial charge in [0.2, 0.25) is 0 Å². The van der Waals surface area contributed by atoms with Crippen LogP contribution in [0.1, 0.15) is 0 Å². The molecule has 0 saturated carbocycles. The standard InChI is InChI=1S/C4H8N2S/c1-2-6-7-4-3-5-1/h3-6H,1-2H2. The van der Waals surface area contributed by atoms with Crippen LogP contribution in [0.15, 0.2) is 11.6 Å². The smallest absolute Gasteiger partial charge is 0.0276 e. The molecule has 1 aliphatic heterocycles. The third kappa shape index (κ3) is 1.85. The number of hydrogen-bond acceptors (Lipinski definition) is 3. The summed E-state index contributed by atoms with van der Waals surface area (Å²) < 4.78 is 3.11. The van der Waals surface area contributed by atoms with Crippen LogP contribution in [0.5, 0.6) is 0 Å². The Morgan fingerprint density at radius 1 is 1.43 bits per heavy atom. The molecule has 0 spiro atoms. The Kier molecular flexibility index (Phi) is 2.09. The monoisotopic (exact) mass is 116 g/mol. The van der Waals surface area contributed by atoms with Gasteiger partial charge < -0.3 is 5.32 Å². The molecular weight excluding hydrogens is 108 g/mol. The van der Waals surface area contributed by atoms with Gasteiger partial charge in [-0.1, -0.05) is 11.9 Å². The number of nitrogens with one attached hydrogen (secondary N) is 2. The molecule has 1 heterocycles. The van der Waals surface area contributed by atoms with E-state index in [1.165, 1.54) is 0 Å². The summed E-state index contributed by atoms with van der Waals surface area (Å²) in [6, 6.07) is 0. The first-order valence-corrected chi connectivity index (χ1v) is 3.15. The average molecular weight is 116 g/mol. The summed E-state index contributed by atoms with van der Waals surface area (Å²) in [5, 5.41) is 5.08. The molecule has 0 aromatic carbocycles. The Labute approximate surface area is 47.5 Å². The van der Waals surface area contributed by atoms with E-state index in [1.807, 2.05) is 11.6 Å². The molecule has 0 aliphatic carbocycles. The lowest BCUT2D eigenvalue weighted by Gasteiger charge is -1.92. The molecule has 1 aliphatic rings. The van der Waals surface area contributed by atoms with Crippen LogP contribution in [0.4, 0.5) is 0 Å². The molecule has 0 unspecified atom stereocenters. The zero-order valence-corrected chi connectivity index (χ0v) is 4.79. The Bertz CT molecular complexity index is 64.1. The highest BCUT2D eigenvalue weighted by Gasteiger charge is 1.85. The molecular formula is C4H8N2S. The van der Waals surface area contributed by atoms with Crippen molar-refractivity contribution in [1.29, 1.82) is 0 Å². The first-order chi connectivity index (χ1) is 3.50. The molecule has 2 N–H and O–H groups in total. The summed E-state index contributed by atoms with van der Waals surface area (Å²) in [4.78, 5) is 0. The second kappa shape index (κ2) is 2.93. The fourth-order valence-corrected chi connectivity index (χ4v) is 0.876. The van der Waals surface area contributed by atoms with Crippen LogP contribution in [0, 0.1) is 0 Å². The lowest BCUT2D eigenvalue weighted by molar-refractivity contribution is 0.820. The number of rotatable bonds is 0. The van der Waals surface area contributed by atoms with E-state index in [9.17, 15) is 0 Å². The summed E-state index contributed by atoms with van der Waals surface area (Å²) in [7, 11) is 0. The van der Waals surface area contributed by atoms with E-state index < -0.39 is 0 Å². The highest BCUT2D eigenvalue weighted by atomic mass is 32.2. The molecule has 0 fully saturated rings. The van der Waals surface area contributed by atoms with Gasteiger partial charge in [0.15, 0.2) is 0 Å². The maximum Gasteiger partial charge on any atom is 0.0276 e. The van der Waals surface area contributed by atoms with Gasteiger partial charge in [-0.3, -0.25) is 4.72 Å². The maximum atomic E-state index is 3.11. The molecule has 2 nitrogen and oxygen atoms in total. The largest absolute Gasteiger partial charge is 0.389 e. The van der Waals surface area contributed by atoms with Gasteiger partial charge in [0, 0.05) is 24.7 Å². The van der Waals surface area contributed by atoms with Gasteiger partial charge in [-0.25, -0.2) is 0 Å². The quantitative estimate of drug-likeness (QED) is 0.445. The Morgan fingerprint density at radius 2 is 2.43 bits per heavy atom. The van der Waals surface area contributed by atoms with Crippen molar-refractivity contribution >= 4 is 11.9 Å². The van der Waals surface area contributed by atoms with Crippen LogP contribution in [0.25, 0.3) is 0 Å². The molecule has 0 bridgehead atoms. The van der Waals surface area contributed by atoms with Crippen LogP contribution < -0.4 is 10.0 Å². The molecule has 0 atom stereocenters. The molecule has 1 rings (SSSR count). The Balaban J connectivity index is 2.20. The van der Waals surface area contributed by atoms with Crippen LogP contribution in [-0.2, 0) is 0 Å². The predicted molar refractivity (Wildman–Crippen MR) is 32.7 cm³/mol. The van der Waals surface area contributed by atoms with Crippen LogP contribution in [-0.4, -0.2) is 13.1 Å². The molecule has 40 valence electrons. The summed E-state index contributed by atoms with van der Waals surface area (Å²) in [5.41, 5.74) is 0. The van der Waals surface area contributed by atoms with Crippen LogP contribution in [0.3, 0.4) is 0 Å². The van der Waals surface area contributed by atoms with E-state index in [2.05, 4.69) is 10.0 Å². The summed E-state index contributed by atoms with van der Waals surface area (Å²) in [6.45, 7) is 2.07. The van der Waals surface area contributed by atoms with E-state index >= 15 is 0 Å². The van der Waals surface area contributed by atoms with Gasteiger partial charge >= 0.3 is 0 Å². The fraction of sp³-hybridized carbons (Fsp3) is 0.500. The first kappa shape index (κ1) is 5.00. The summed E-state index contributed by atoms with van der Waals surface area (Å²) in [6.07, 6.45) is 1.95. The molecule has 0 saturated heterocycles. The van der Waals surface area contributed by atoms with Gasteiger partial charge in [0.25, 0.3) is 0 Å². The van der Waals surface area contributed by atoms with E-state index in [4.69, 9.17) is 0 Å². The van der Waals surface area contributed by atoms with Gasteiger partial charge in [-0.05, 0) is 0 Å². The minimum absolute atomic E-state index is 1.03. The third-order valence-corrected chi connectivity index (χ3v) is 1.35. The molecule has 7 heavy (non-hydrogen) atoms. The topological polar surface area (TPSA) is 24.1 Å². The van der Waals surface area contributed by atoms with Crippen molar-refractivity contribution in [2.24, 2.45) is 0 Å². The van der Waals surface area contributed by atoms with Crippen molar-refractivity contribution in [2.45, 2.75) is 0 Å². The first-order valence-electron chi connectivity index (χ1n) is 2.27. The van der Waals surface area contributed by atoms with Crippen molar-refractivity contribution in [2.75, 3.05) is 13.1 Å². The highest BCUT2D eigenvalue weighted by molar-refractivity contribution is 8.00. The Morgan fingerprint density at radius 3 is 3.43 bits per heavy atom. The minimum Gasteiger partial charge on any atom is -0.389 e. The summed E-state index contributed by atoms with van der Waals surface area (Å²) in [5.74, 6) is 0. The van der Waals surface area contributed by atoms with Crippen LogP contribution >= 0.6 is 11.9 Å². The van der Waals surface area contributed by atoms with Gasteiger partial charge in [-0.15, -0.1) is 0 Å². The minimum atomic E-state index is 1.03. The van der Waals surface area contributed by atoms with Gasteiger partial charge in [0.1, 0.15) is 0 Å². The molecule has 0 radical (unpaired) electrons. The second-order valence-electron chi connectivity index (χ2n) is 1.27. The van der Waals surface area contributed by atoms with Crippen molar-refractivity contribution < 1.29 is 0 Å². The van der Waals surface area contributed by atoms with E-state index in [0.717, 1.165) is 13.1 Å². The molecule has 0 aromatic rings. The number of hydrogen-bond donors (Lipinski definition) is 2. The van der Waals surface area contributed by atoms with Crippen LogP contribution in [0.2, 0.25) is 0 Å². The second-order valence-corrected chi connectivity index (χ2v) is 2.07. The average Bonchev–Trinajstić information content (AvgIpc) is 1.90. The van der Waals surface area contributed by atoms with E-state index in [1.54, 1.807) is 11.9 Å². The molecule has 0 amide bonds. The highest BCUT2D eigenvalue weighted by Crippen LogP contribution is 1.93. The van der Waals surface area contributed by atoms with Crippen molar-refractivity contribution in [1.82, 2.24) is 10.0 Å². The third-order valence-electron chi connectivity index (χ3n) is 0.709. The lowest BCUT2D eigenvalue weighted by atomic mass is 10.6. The predicted octanol–water partition coefficient (Wildman–Crippen LogP) is 0.299. The van der Waals surface area contributed by atoms with Gasteiger partial charge in [0.05, 0.1) is 0 Å². The fourth-order valence-electron chi connectivity index (χ4n) is 0.396. The maximum absolute atomic E-state index is 3.11. The van der Waals surface area contributed by atoms with E-state index in [0.29, 0.717) is 0 Å². The summed E-state index contributed by atoms with van der Waals surface area (Å²) >= 11 is 1.62. The zero-order chi connectivity index (χ0) is 4.95.